The Kier molecular flexibility index (Phi) is 4.47. The molecule has 1 aliphatic heterocycles. The Hall–Kier alpha value is -1.77. The van der Waals surface area contributed by atoms with E-state index in [4.69, 9.17) is 4.74 Å². The van der Waals surface area contributed by atoms with Crippen molar-refractivity contribution in [2.45, 2.75) is 26.1 Å². The molecule has 0 bridgehead atoms. The van der Waals surface area contributed by atoms with E-state index in [1.54, 1.807) is 12.5 Å². The van der Waals surface area contributed by atoms with Gasteiger partial charge in [-0.15, -0.1) is 0 Å². The van der Waals surface area contributed by atoms with E-state index in [-0.39, 0.29) is 6.04 Å². The van der Waals surface area contributed by atoms with E-state index in [0.29, 0.717) is 26.3 Å². The molecule has 0 N–H and O–H groups in total. The lowest BCUT2D eigenvalue weighted by Gasteiger charge is -2.32. The molecule has 0 spiro atoms. The van der Waals surface area contributed by atoms with Gasteiger partial charge in [0.2, 0.25) is 10.0 Å². The third-order valence-electron chi connectivity index (χ3n) is 3.87. The van der Waals surface area contributed by atoms with Crippen LogP contribution in [0.3, 0.4) is 0 Å². The summed E-state index contributed by atoms with van der Waals surface area (Å²) in [5.74, 6) is 0. The van der Waals surface area contributed by atoms with Crippen molar-refractivity contribution in [1.29, 1.82) is 0 Å². The van der Waals surface area contributed by atoms with Crippen LogP contribution in [0.25, 0.3) is 0 Å². The predicted octanol–water partition coefficient (Wildman–Crippen LogP) is 1.12. The molecule has 3 heterocycles. The fourth-order valence-electron chi connectivity index (χ4n) is 2.72. The van der Waals surface area contributed by atoms with Crippen LogP contribution < -0.4 is 0 Å². The van der Waals surface area contributed by atoms with Crippen LogP contribution in [0.1, 0.15) is 23.1 Å². The maximum atomic E-state index is 11.8. The second kappa shape index (κ2) is 6.38. The predicted molar refractivity (Wildman–Crippen MR) is 85.1 cm³/mol. The third-order valence-corrected chi connectivity index (χ3v) is 5.08. The zero-order chi connectivity index (χ0) is 16.4. The minimum absolute atomic E-state index is 0.0826. The standard InChI is InChI=1S/C15H20N4O3S/c1-12-4-3-5-13(17-12)9-22-10-15-8-18(23(2,20)21)7-14-6-16-11-19(14)15/h3-6,11,15H,7-10H2,1-2H3/t15-/m0/s1. The number of nitrogens with zero attached hydrogens (tertiary/aromatic N) is 4. The van der Waals surface area contributed by atoms with Crippen LogP contribution in [-0.2, 0) is 27.9 Å². The lowest BCUT2D eigenvalue weighted by atomic mass is 10.2. The number of aromatic nitrogens is 3. The summed E-state index contributed by atoms with van der Waals surface area (Å²) < 4.78 is 32.9. The molecule has 0 radical (unpaired) electrons. The quantitative estimate of drug-likeness (QED) is 0.818. The van der Waals surface area contributed by atoms with Crippen LogP contribution >= 0.6 is 0 Å². The zero-order valence-corrected chi connectivity index (χ0v) is 14.0. The van der Waals surface area contributed by atoms with Gasteiger partial charge in [0.05, 0.1) is 49.8 Å². The van der Waals surface area contributed by atoms with E-state index in [9.17, 15) is 8.42 Å². The first-order valence-electron chi connectivity index (χ1n) is 7.39. The Bertz CT molecular complexity index is 788. The van der Waals surface area contributed by atoms with Gasteiger partial charge in [-0.2, -0.15) is 4.31 Å². The summed E-state index contributed by atoms with van der Waals surface area (Å²) in [6.45, 7) is 3.50. The van der Waals surface area contributed by atoms with Gasteiger partial charge < -0.3 is 9.30 Å². The zero-order valence-electron chi connectivity index (χ0n) is 13.2. The Morgan fingerprint density at radius 3 is 2.96 bits per heavy atom. The Labute approximate surface area is 136 Å². The molecule has 2 aromatic heterocycles. The first-order valence-corrected chi connectivity index (χ1v) is 9.24. The van der Waals surface area contributed by atoms with Crippen LogP contribution in [0, 0.1) is 6.92 Å². The first-order chi connectivity index (χ1) is 10.9. The van der Waals surface area contributed by atoms with Crippen molar-refractivity contribution in [3.05, 3.63) is 47.8 Å². The van der Waals surface area contributed by atoms with Crippen molar-refractivity contribution >= 4 is 10.0 Å². The molecule has 2 aromatic rings. The van der Waals surface area contributed by atoms with Gasteiger partial charge in [-0.3, -0.25) is 4.98 Å². The second-order valence-electron chi connectivity index (χ2n) is 5.79. The van der Waals surface area contributed by atoms with Crippen LogP contribution in [0.4, 0.5) is 0 Å². The van der Waals surface area contributed by atoms with Crippen LogP contribution in [0.15, 0.2) is 30.7 Å². The normalized spacial score (nSPS) is 18.8. The number of pyridine rings is 1. The highest BCUT2D eigenvalue weighted by atomic mass is 32.2. The van der Waals surface area contributed by atoms with Gasteiger partial charge in [0.25, 0.3) is 0 Å². The second-order valence-corrected chi connectivity index (χ2v) is 7.77. The molecule has 0 unspecified atom stereocenters. The minimum Gasteiger partial charge on any atom is -0.373 e. The maximum absolute atomic E-state index is 11.8. The maximum Gasteiger partial charge on any atom is 0.211 e. The molecule has 0 amide bonds. The van der Waals surface area contributed by atoms with Gasteiger partial charge in [0, 0.05) is 18.4 Å². The van der Waals surface area contributed by atoms with Gasteiger partial charge in [-0.05, 0) is 19.1 Å². The largest absolute Gasteiger partial charge is 0.373 e. The molecule has 3 rings (SSSR count). The van der Waals surface area contributed by atoms with E-state index in [1.165, 1.54) is 10.6 Å². The Morgan fingerprint density at radius 2 is 2.22 bits per heavy atom. The summed E-state index contributed by atoms with van der Waals surface area (Å²) in [4.78, 5) is 8.52. The molecule has 1 atom stereocenters. The molecule has 7 nitrogen and oxygen atoms in total. The van der Waals surface area contributed by atoms with E-state index in [2.05, 4.69) is 9.97 Å². The van der Waals surface area contributed by atoms with E-state index in [1.807, 2.05) is 29.7 Å². The molecule has 1 aliphatic rings. The van der Waals surface area contributed by atoms with E-state index in [0.717, 1.165) is 17.1 Å². The van der Waals surface area contributed by atoms with Crippen molar-refractivity contribution < 1.29 is 13.2 Å². The number of rotatable bonds is 5. The lowest BCUT2D eigenvalue weighted by molar-refractivity contribution is 0.0735. The smallest absolute Gasteiger partial charge is 0.211 e. The van der Waals surface area contributed by atoms with Crippen molar-refractivity contribution in [3.8, 4) is 0 Å². The fourth-order valence-corrected chi connectivity index (χ4v) is 3.53. The molecule has 0 saturated carbocycles. The molecule has 0 fully saturated rings. The number of imidazole rings is 1. The first kappa shape index (κ1) is 16.1. The average Bonchev–Trinajstić information content (AvgIpc) is 2.95. The van der Waals surface area contributed by atoms with Crippen molar-refractivity contribution in [1.82, 2.24) is 18.8 Å². The minimum atomic E-state index is -3.24. The van der Waals surface area contributed by atoms with Gasteiger partial charge >= 0.3 is 0 Å². The average molecular weight is 336 g/mol. The number of hydrogen-bond donors (Lipinski definition) is 0. The van der Waals surface area contributed by atoms with Gasteiger partial charge in [-0.25, -0.2) is 13.4 Å². The summed E-state index contributed by atoms with van der Waals surface area (Å²) in [5, 5.41) is 0. The molecular formula is C15H20N4O3S. The summed E-state index contributed by atoms with van der Waals surface area (Å²) in [5.41, 5.74) is 2.69. The Morgan fingerprint density at radius 1 is 1.39 bits per heavy atom. The van der Waals surface area contributed by atoms with Gasteiger partial charge in [-0.1, -0.05) is 6.07 Å². The van der Waals surface area contributed by atoms with Gasteiger partial charge in [0.1, 0.15) is 0 Å². The molecule has 124 valence electrons. The molecule has 0 aliphatic carbocycles. The SMILES string of the molecule is Cc1cccc(COC[C@@H]2CN(S(C)(=O)=O)Cc3cncn32)n1. The third kappa shape index (κ3) is 3.77. The van der Waals surface area contributed by atoms with Crippen molar-refractivity contribution in [2.24, 2.45) is 0 Å². The van der Waals surface area contributed by atoms with E-state index >= 15 is 0 Å². The van der Waals surface area contributed by atoms with E-state index < -0.39 is 10.0 Å². The number of fused-ring (bicyclic) bond motifs is 1. The number of ether oxygens (including phenoxy) is 1. The highest BCUT2D eigenvalue weighted by molar-refractivity contribution is 7.88. The summed E-state index contributed by atoms with van der Waals surface area (Å²) in [6.07, 6.45) is 4.66. The summed E-state index contributed by atoms with van der Waals surface area (Å²) in [7, 11) is -3.24. The highest BCUT2D eigenvalue weighted by Gasteiger charge is 2.30. The van der Waals surface area contributed by atoms with Crippen LogP contribution in [0.5, 0.6) is 0 Å². The number of sulfonamides is 1. The number of aryl methyl sites for hydroxylation is 1. The topological polar surface area (TPSA) is 77.3 Å². The fraction of sp³-hybridized carbons (Fsp3) is 0.467. The highest BCUT2D eigenvalue weighted by Crippen LogP contribution is 2.23. The van der Waals surface area contributed by atoms with Crippen LogP contribution in [-0.4, -0.2) is 46.7 Å². The summed E-state index contributed by atoms with van der Waals surface area (Å²) in [6, 6.07) is 5.72. The van der Waals surface area contributed by atoms with Gasteiger partial charge in [0.15, 0.2) is 0 Å². The molecule has 8 heteroatoms. The molecular weight excluding hydrogens is 316 g/mol. The number of hydrogen-bond acceptors (Lipinski definition) is 5. The molecule has 23 heavy (non-hydrogen) atoms. The lowest BCUT2D eigenvalue weighted by Crippen LogP contribution is -2.41. The van der Waals surface area contributed by atoms with Crippen LogP contribution in [0.2, 0.25) is 0 Å². The van der Waals surface area contributed by atoms with Crippen molar-refractivity contribution in [3.63, 3.8) is 0 Å². The molecule has 0 saturated heterocycles. The molecule has 0 aromatic carbocycles. The van der Waals surface area contributed by atoms with Crippen molar-refractivity contribution in [2.75, 3.05) is 19.4 Å². The summed E-state index contributed by atoms with van der Waals surface area (Å²) >= 11 is 0. The monoisotopic (exact) mass is 336 g/mol. The Balaban J connectivity index is 1.67.